The van der Waals surface area contributed by atoms with Gasteiger partial charge in [-0.25, -0.2) is 22.2 Å². The molecule has 2 aliphatic heterocycles. The van der Waals surface area contributed by atoms with Crippen molar-refractivity contribution in [3.05, 3.63) is 78.9 Å². The molecule has 3 aromatic rings. The molecule has 5 amide bonds. The number of amides is 5. The van der Waals surface area contributed by atoms with Gasteiger partial charge in [-0.3, -0.25) is 28.7 Å². The highest BCUT2D eigenvalue weighted by molar-refractivity contribution is 7.91. The third-order valence-corrected chi connectivity index (χ3v) is 13.9. The lowest BCUT2D eigenvalue weighted by Crippen LogP contribution is -2.57. The summed E-state index contributed by atoms with van der Waals surface area (Å²) in [4.78, 5) is 78.0. The van der Waals surface area contributed by atoms with E-state index in [9.17, 15) is 41.2 Å². The van der Waals surface area contributed by atoms with Crippen LogP contribution in [0.25, 0.3) is 22.2 Å². The van der Waals surface area contributed by atoms with E-state index in [-0.39, 0.29) is 38.9 Å². The lowest BCUT2D eigenvalue weighted by molar-refractivity contribution is -0.150. The molecule has 2 saturated heterocycles. The molecular formula is C43H50F2N6O7S. The minimum Gasteiger partial charge on any atom is -0.347 e. The second-order valence-electron chi connectivity index (χ2n) is 17.4. The van der Waals surface area contributed by atoms with Crippen LogP contribution >= 0.6 is 0 Å². The number of nitrogens with zero attached hydrogens (tertiary/aromatic N) is 3. The minimum atomic E-state index is -3.96. The highest BCUT2D eigenvalue weighted by atomic mass is 32.2. The number of fused-ring (bicyclic) bond motifs is 1. The maximum atomic E-state index is 14.8. The number of pyridine rings is 1. The number of hydrogen-bond donors (Lipinski definition) is 3. The predicted octanol–water partition coefficient (Wildman–Crippen LogP) is 4.58. The molecule has 0 unspecified atom stereocenters. The first kappa shape index (κ1) is 41.9. The molecule has 1 aromatic heterocycles. The van der Waals surface area contributed by atoms with Crippen molar-refractivity contribution in [1.29, 1.82) is 0 Å². The summed E-state index contributed by atoms with van der Waals surface area (Å²) >= 11 is 0. The molecule has 59 heavy (non-hydrogen) atoms. The molecule has 3 N–H and O–H groups in total. The van der Waals surface area contributed by atoms with Crippen molar-refractivity contribution in [2.45, 2.75) is 94.5 Å². The number of sulfonamides is 1. The van der Waals surface area contributed by atoms with Crippen molar-refractivity contribution in [1.82, 2.24) is 30.1 Å². The van der Waals surface area contributed by atoms with Gasteiger partial charge in [0.1, 0.15) is 11.6 Å². The van der Waals surface area contributed by atoms with Gasteiger partial charge in [-0.05, 0) is 43.2 Å². The van der Waals surface area contributed by atoms with Crippen LogP contribution in [0.15, 0.2) is 73.3 Å². The Morgan fingerprint density at radius 1 is 1.00 bits per heavy atom. The Bertz CT molecular complexity index is 2290. The Labute approximate surface area is 342 Å². The highest BCUT2D eigenvalue weighted by Crippen LogP contribution is 2.46. The van der Waals surface area contributed by atoms with E-state index < -0.39 is 98.4 Å². The third-order valence-electron chi connectivity index (χ3n) is 12.1. The number of aromatic nitrogens is 1. The SMILES string of the molecule is C=C[C@@H]1C[C@]1(NC(=O)[C@@H]1C[C@@H](NC(=O)c2cc(-c3ccccc3)nc3ccccc23)CN1C(=O)[C@@H](CC(=O)N1CCC(F)(F)CC1)C(C)(C)C)C(=O)NS(=O)(=O)C1CC1. The number of carbonyl (C=O) groups is 5. The first-order valence-corrected chi connectivity index (χ1v) is 21.6. The van der Waals surface area contributed by atoms with Crippen LogP contribution in [0, 0.1) is 17.3 Å². The normalized spacial score (nSPS) is 24.5. The monoisotopic (exact) mass is 832 g/mol. The summed E-state index contributed by atoms with van der Waals surface area (Å²) < 4.78 is 55.6. The van der Waals surface area contributed by atoms with Gasteiger partial charge < -0.3 is 20.4 Å². The number of nitrogens with one attached hydrogen (secondary N) is 3. The van der Waals surface area contributed by atoms with Crippen molar-refractivity contribution < 1.29 is 41.2 Å². The Hall–Kier alpha value is -5.25. The number of likely N-dealkylation sites (tertiary alicyclic amines) is 2. The van der Waals surface area contributed by atoms with Crippen LogP contribution in [-0.4, -0.2) is 101 Å². The predicted molar refractivity (Wildman–Crippen MR) is 216 cm³/mol. The summed E-state index contributed by atoms with van der Waals surface area (Å²) in [5, 5.41) is 5.69. The molecular weight excluding hydrogens is 783 g/mol. The van der Waals surface area contributed by atoms with Crippen LogP contribution in [0.4, 0.5) is 8.78 Å². The number of hydrogen-bond acceptors (Lipinski definition) is 8. The van der Waals surface area contributed by atoms with Crippen LogP contribution in [0.3, 0.4) is 0 Å². The van der Waals surface area contributed by atoms with Gasteiger partial charge in [-0.2, -0.15) is 0 Å². The van der Waals surface area contributed by atoms with Crippen molar-refractivity contribution in [2.24, 2.45) is 17.3 Å². The van der Waals surface area contributed by atoms with Gasteiger partial charge in [0.15, 0.2) is 0 Å². The summed E-state index contributed by atoms with van der Waals surface area (Å²) in [6.45, 7) is 8.65. The van der Waals surface area contributed by atoms with Gasteiger partial charge >= 0.3 is 0 Å². The molecule has 16 heteroatoms. The summed E-state index contributed by atoms with van der Waals surface area (Å²) in [6.07, 6.45) is 1.06. The van der Waals surface area contributed by atoms with Crippen molar-refractivity contribution in [3.8, 4) is 11.3 Å². The lowest BCUT2D eigenvalue weighted by Gasteiger charge is -2.37. The van der Waals surface area contributed by atoms with E-state index in [0.717, 1.165) is 5.56 Å². The standard InChI is InChI=1S/C43H50F2N6O7S/c1-5-27-24-43(27,40(56)49-59(57,58)29-15-16-29)48-38(54)35-21-28(25-51(35)39(55)32(41(2,3)4)23-36(52)50-19-17-42(44,45)18-20-50)46-37(53)31-22-34(26-11-7-6-8-12-26)47-33-14-10-9-13-30(31)33/h5-14,22,27-29,32,35H,1,15-21,23-25H2,2-4H3,(H,46,53)(H,48,54)(H,49,56)/t27-,28-,32-,35+,43-/m1/s1. The topological polar surface area (TPSA) is 175 Å². The smallest absolute Gasteiger partial charge is 0.259 e. The van der Waals surface area contributed by atoms with E-state index in [2.05, 4.69) is 21.9 Å². The average Bonchev–Trinajstić information content (AvgIpc) is 4.12. The average molecular weight is 833 g/mol. The maximum Gasteiger partial charge on any atom is 0.259 e. The third kappa shape index (κ3) is 8.87. The zero-order valence-corrected chi connectivity index (χ0v) is 34.2. The fourth-order valence-electron chi connectivity index (χ4n) is 8.19. The lowest BCUT2D eigenvalue weighted by atomic mass is 9.77. The van der Waals surface area contributed by atoms with E-state index in [4.69, 9.17) is 4.98 Å². The molecule has 5 atom stereocenters. The van der Waals surface area contributed by atoms with Crippen LogP contribution in [0.2, 0.25) is 0 Å². The van der Waals surface area contributed by atoms with E-state index in [1.807, 2.05) is 36.4 Å². The zero-order chi connectivity index (χ0) is 42.5. The van der Waals surface area contributed by atoms with Gasteiger partial charge in [0.25, 0.3) is 17.7 Å². The van der Waals surface area contributed by atoms with Gasteiger partial charge in [-0.15, -0.1) is 6.58 Å². The molecule has 2 aromatic carbocycles. The van der Waals surface area contributed by atoms with Crippen LogP contribution in [0.1, 0.15) is 76.1 Å². The Morgan fingerprint density at radius 2 is 1.66 bits per heavy atom. The molecule has 3 heterocycles. The Morgan fingerprint density at radius 3 is 2.29 bits per heavy atom. The van der Waals surface area contributed by atoms with E-state index in [1.54, 1.807) is 45.0 Å². The van der Waals surface area contributed by atoms with Gasteiger partial charge in [0.05, 0.1) is 27.9 Å². The quantitative estimate of drug-likeness (QED) is 0.223. The number of para-hydroxylation sites is 1. The number of alkyl halides is 2. The molecule has 2 aliphatic carbocycles. The highest BCUT2D eigenvalue weighted by Gasteiger charge is 2.62. The number of piperidine rings is 1. The number of rotatable bonds is 12. The van der Waals surface area contributed by atoms with Gasteiger partial charge in [0.2, 0.25) is 27.7 Å². The van der Waals surface area contributed by atoms with Crippen LogP contribution < -0.4 is 15.4 Å². The molecule has 7 rings (SSSR count). The first-order valence-electron chi connectivity index (χ1n) is 20.0. The van der Waals surface area contributed by atoms with Gasteiger partial charge in [-0.1, -0.05) is 75.4 Å². The summed E-state index contributed by atoms with van der Waals surface area (Å²) in [6, 6.07) is 16.2. The van der Waals surface area contributed by atoms with E-state index in [0.29, 0.717) is 35.0 Å². The molecule has 13 nitrogen and oxygen atoms in total. The molecule has 0 bridgehead atoms. The number of carbonyl (C=O) groups excluding carboxylic acids is 5. The molecule has 2 saturated carbocycles. The first-order chi connectivity index (χ1) is 27.8. The second-order valence-corrected chi connectivity index (χ2v) is 19.4. The molecule has 0 radical (unpaired) electrons. The molecule has 4 fully saturated rings. The Balaban J connectivity index is 1.17. The number of halogens is 2. The van der Waals surface area contributed by atoms with E-state index in [1.165, 1.54) is 15.9 Å². The second kappa shape index (κ2) is 15.7. The molecule has 0 spiro atoms. The van der Waals surface area contributed by atoms with Crippen molar-refractivity contribution >= 4 is 50.5 Å². The zero-order valence-electron chi connectivity index (χ0n) is 33.4. The van der Waals surface area contributed by atoms with E-state index >= 15 is 0 Å². The largest absolute Gasteiger partial charge is 0.347 e. The van der Waals surface area contributed by atoms with Crippen molar-refractivity contribution in [2.75, 3.05) is 19.6 Å². The Kier molecular flexibility index (Phi) is 11.2. The molecule has 4 aliphatic rings. The molecule has 314 valence electrons. The fourth-order valence-corrected chi connectivity index (χ4v) is 9.55. The van der Waals surface area contributed by atoms with Crippen molar-refractivity contribution in [3.63, 3.8) is 0 Å². The summed E-state index contributed by atoms with van der Waals surface area (Å²) in [5.41, 5.74) is -0.188. The van der Waals surface area contributed by atoms with Crippen LogP contribution in [0.5, 0.6) is 0 Å². The summed E-state index contributed by atoms with van der Waals surface area (Å²) in [7, 11) is -3.96. The van der Waals surface area contributed by atoms with Crippen LogP contribution in [-0.2, 0) is 29.2 Å². The maximum absolute atomic E-state index is 14.8. The summed E-state index contributed by atoms with van der Waals surface area (Å²) in [5.74, 6) is -7.59. The number of benzene rings is 2. The fraction of sp³-hybridized carbons (Fsp3) is 0.488. The minimum absolute atomic E-state index is 0.0687. The van der Waals surface area contributed by atoms with Gasteiger partial charge in [0, 0.05) is 61.8 Å².